The molecular weight excluding hydrogens is 252 g/mol. The number of aliphatic hydroxyl groups excluding tert-OH is 1. The summed E-state index contributed by atoms with van der Waals surface area (Å²) < 4.78 is 0.914. The van der Waals surface area contributed by atoms with E-state index in [4.69, 9.17) is 0 Å². The number of benzene rings is 1. The lowest BCUT2D eigenvalue weighted by atomic mass is 10.1. The molecule has 1 atom stereocenters. The second-order valence-electron chi connectivity index (χ2n) is 3.61. The highest BCUT2D eigenvalue weighted by atomic mass is 79.9. The second-order valence-corrected chi connectivity index (χ2v) is 4.46. The minimum Gasteiger partial charge on any atom is -0.389 e. The van der Waals surface area contributed by atoms with Crippen molar-refractivity contribution in [3.05, 3.63) is 54.1 Å². The molecule has 0 fully saturated rings. The van der Waals surface area contributed by atoms with Crippen molar-refractivity contribution in [1.82, 2.24) is 0 Å². The maximum Gasteiger partial charge on any atom is 0.0771 e. The lowest BCUT2D eigenvalue weighted by molar-refractivity contribution is 0.224. The third kappa shape index (κ3) is 4.45. The van der Waals surface area contributed by atoms with Gasteiger partial charge in [-0.2, -0.15) is 0 Å². The predicted octanol–water partition coefficient (Wildman–Crippen LogP) is 3.75. The number of hydrogen-bond donors (Lipinski definition) is 1. The van der Waals surface area contributed by atoms with Crippen molar-refractivity contribution in [3.63, 3.8) is 0 Å². The van der Waals surface area contributed by atoms with Gasteiger partial charge in [-0.3, -0.25) is 0 Å². The van der Waals surface area contributed by atoms with Crippen molar-refractivity contribution < 1.29 is 5.11 Å². The van der Waals surface area contributed by atoms with Crippen LogP contribution in [0.15, 0.2) is 48.6 Å². The molecule has 1 aromatic rings. The molecule has 0 radical (unpaired) electrons. The number of aliphatic hydroxyl groups is 1. The Balaban J connectivity index is 2.71. The molecule has 0 spiro atoms. The van der Waals surface area contributed by atoms with E-state index in [1.165, 1.54) is 0 Å². The molecule has 2 heteroatoms. The molecular formula is C13H15BrO. The van der Waals surface area contributed by atoms with Crippen molar-refractivity contribution >= 4 is 20.4 Å². The van der Waals surface area contributed by atoms with Crippen molar-refractivity contribution in [3.8, 4) is 0 Å². The minimum atomic E-state index is -0.475. The van der Waals surface area contributed by atoms with Gasteiger partial charge in [-0.1, -0.05) is 51.8 Å². The monoisotopic (exact) mass is 266 g/mol. The van der Waals surface area contributed by atoms with Crippen LogP contribution in [0.5, 0.6) is 0 Å². The quantitative estimate of drug-likeness (QED) is 0.824. The zero-order valence-electron chi connectivity index (χ0n) is 8.78. The van der Waals surface area contributed by atoms with E-state index in [-0.39, 0.29) is 0 Å². The van der Waals surface area contributed by atoms with E-state index >= 15 is 0 Å². The Morgan fingerprint density at radius 1 is 1.47 bits per heavy atom. The van der Waals surface area contributed by atoms with Crippen LogP contribution < -0.4 is 0 Å². The number of halogens is 1. The van der Waals surface area contributed by atoms with Crippen LogP contribution in [0.25, 0.3) is 4.48 Å². The Bertz CT molecular complexity index is 354. The first-order valence-electron chi connectivity index (χ1n) is 4.85. The van der Waals surface area contributed by atoms with Gasteiger partial charge in [0.05, 0.1) is 6.10 Å². The van der Waals surface area contributed by atoms with Crippen LogP contribution in [-0.2, 0) is 0 Å². The van der Waals surface area contributed by atoms with Gasteiger partial charge >= 0.3 is 0 Å². The van der Waals surface area contributed by atoms with E-state index in [0.717, 1.165) is 15.6 Å². The van der Waals surface area contributed by atoms with Gasteiger partial charge in [-0.25, -0.2) is 0 Å². The van der Waals surface area contributed by atoms with E-state index in [9.17, 15) is 5.11 Å². The van der Waals surface area contributed by atoms with E-state index in [2.05, 4.69) is 22.5 Å². The predicted molar refractivity (Wildman–Crippen MR) is 68.8 cm³/mol. The molecule has 15 heavy (non-hydrogen) atoms. The van der Waals surface area contributed by atoms with E-state index in [1.807, 2.05) is 37.3 Å². The third-order valence-electron chi connectivity index (χ3n) is 1.95. The van der Waals surface area contributed by atoms with Crippen LogP contribution in [0.3, 0.4) is 0 Å². The Morgan fingerprint density at radius 3 is 2.60 bits per heavy atom. The van der Waals surface area contributed by atoms with Crippen LogP contribution in [0.2, 0.25) is 0 Å². The van der Waals surface area contributed by atoms with Gasteiger partial charge in [-0.05, 0) is 25.0 Å². The van der Waals surface area contributed by atoms with Gasteiger partial charge in [0.1, 0.15) is 0 Å². The molecule has 0 bridgehead atoms. The van der Waals surface area contributed by atoms with Crippen LogP contribution in [0.4, 0.5) is 0 Å². The zero-order chi connectivity index (χ0) is 11.3. The van der Waals surface area contributed by atoms with Crippen molar-refractivity contribution in [2.24, 2.45) is 0 Å². The second kappa shape index (κ2) is 5.89. The van der Waals surface area contributed by atoms with Crippen LogP contribution >= 0.6 is 15.9 Å². The summed E-state index contributed by atoms with van der Waals surface area (Å²) in [7, 11) is 0. The molecule has 0 aliphatic carbocycles. The molecule has 0 saturated carbocycles. The van der Waals surface area contributed by atoms with Gasteiger partial charge in [0.15, 0.2) is 0 Å². The van der Waals surface area contributed by atoms with Gasteiger partial charge in [0.2, 0.25) is 0 Å². The highest BCUT2D eigenvalue weighted by Crippen LogP contribution is 2.22. The molecule has 1 nitrogen and oxygen atoms in total. The first-order chi connectivity index (χ1) is 7.09. The standard InChI is InChI=1S/C13H15BrO/c1-10(2)8-12(15)9-13(14)11-6-4-3-5-7-11/h3-7,9,12,15H,1,8H2,2H3/b13-9-. The molecule has 1 rings (SSSR count). The number of hydrogen-bond acceptors (Lipinski definition) is 1. The summed E-state index contributed by atoms with van der Waals surface area (Å²) in [4.78, 5) is 0. The summed E-state index contributed by atoms with van der Waals surface area (Å²) in [5, 5.41) is 9.68. The smallest absolute Gasteiger partial charge is 0.0771 e. The Kier molecular flexibility index (Phi) is 4.79. The highest BCUT2D eigenvalue weighted by Gasteiger charge is 2.03. The largest absolute Gasteiger partial charge is 0.389 e. The van der Waals surface area contributed by atoms with Gasteiger partial charge in [0.25, 0.3) is 0 Å². The highest BCUT2D eigenvalue weighted by molar-refractivity contribution is 9.15. The molecule has 0 heterocycles. The first-order valence-corrected chi connectivity index (χ1v) is 5.64. The Labute approximate surface area is 99.3 Å². The molecule has 80 valence electrons. The van der Waals surface area contributed by atoms with E-state index in [1.54, 1.807) is 6.08 Å². The van der Waals surface area contributed by atoms with Gasteiger partial charge in [-0.15, -0.1) is 6.58 Å². The van der Waals surface area contributed by atoms with Crippen molar-refractivity contribution in [2.75, 3.05) is 0 Å². The fraction of sp³-hybridized carbons (Fsp3) is 0.231. The molecule has 1 N–H and O–H groups in total. The lowest BCUT2D eigenvalue weighted by Crippen LogP contribution is -2.02. The van der Waals surface area contributed by atoms with Crippen LogP contribution in [0.1, 0.15) is 18.9 Å². The molecule has 0 amide bonds. The summed E-state index contributed by atoms with van der Waals surface area (Å²) in [5.74, 6) is 0. The maximum atomic E-state index is 9.68. The third-order valence-corrected chi connectivity index (χ3v) is 2.67. The van der Waals surface area contributed by atoms with Crippen molar-refractivity contribution in [1.29, 1.82) is 0 Å². The number of rotatable bonds is 4. The summed E-state index contributed by atoms with van der Waals surface area (Å²) >= 11 is 3.45. The fourth-order valence-corrected chi connectivity index (χ4v) is 1.85. The normalized spacial score (nSPS) is 13.7. The Hall–Kier alpha value is -0.860. The molecule has 1 aromatic carbocycles. The molecule has 1 unspecified atom stereocenters. The summed E-state index contributed by atoms with van der Waals surface area (Å²) in [6.07, 6.45) is 1.92. The topological polar surface area (TPSA) is 20.2 Å². The molecule has 0 aromatic heterocycles. The van der Waals surface area contributed by atoms with Crippen molar-refractivity contribution in [2.45, 2.75) is 19.4 Å². The van der Waals surface area contributed by atoms with E-state index in [0.29, 0.717) is 6.42 Å². The minimum absolute atomic E-state index is 0.475. The van der Waals surface area contributed by atoms with Crippen LogP contribution in [0, 0.1) is 0 Å². The van der Waals surface area contributed by atoms with E-state index < -0.39 is 6.10 Å². The Morgan fingerprint density at radius 2 is 2.07 bits per heavy atom. The van der Waals surface area contributed by atoms with Crippen LogP contribution in [-0.4, -0.2) is 11.2 Å². The molecule has 0 aliphatic rings. The average molecular weight is 267 g/mol. The molecule has 0 saturated heterocycles. The van der Waals surface area contributed by atoms with Gasteiger partial charge in [0, 0.05) is 4.48 Å². The average Bonchev–Trinajstić information content (AvgIpc) is 2.17. The summed E-state index contributed by atoms with van der Waals surface area (Å²) in [6, 6.07) is 9.89. The first kappa shape index (κ1) is 12.2. The zero-order valence-corrected chi connectivity index (χ0v) is 10.4. The fourth-order valence-electron chi connectivity index (χ4n) is 1.28. The molecule has 0 aliphatic heterocycles. The SMILES string of the molecule is C=C(C)CC(O)/C=C(\Br)c1ccccc1. The maximum absolute atomic E-state index is 9.68. The summed E-state index contributed by atoms with van der Waals surface area (Å²) in [5.41, 5.74) is 2.05. The lowest BCUT2D eigenvalue weighted by Gasteiger charge is -2.06. The summed E-state index contributed by atoms with van der Waals surface area (Å²) in [6.45, 7) is 5.68. The van der Waals surface area contributed by atoms with Gasteiger partial charge < -0.3 is 5.11 Å².